The number of carbonyl (C=O) groups excluding carboxylic acids is 3. The fourth-order valence-corrected chi connectivity index (χ4v) is 12.7. The summed E-state index contributed by atoms with van der Waals surface area (Å²) in [6, 6.07) is 1.95. The van der Waals surface area contributed by atoms with E-state index in [9.17, 15) is 19.5 Å². The van der Waals surface area contributed by atoms with Gasteiger partial charge in [0.2, 0.25) is 0 Å². The van der Waals surface area contributed by atoms with E-state index >= 15 is 0 Å². The lowest BCUT2D eigenvalue weighted by Crippen LogP contribution is -2.79. The number of Topliss-reactive ketones (excluding diaryl/α,β-unsaturated/α-hetero) is 1. The summed E-state index contributed by atoms with van der Waals surface area (Å²) in [7, 11) is 0. The number of aliphatic hydroxyl groups is 1. The van der Waals surface area contributed by atoms with Gasteiger partial charge in [0.25, 0.3) is 0 Å². The van der Waals surface area contributed by atoms with Gasteiger partial charge in [-0.2, -0.15) is 0 Å². The fraction of sp³-hybridized carbons (Fsp3) is 0.816. The van der Waals surface area contributed by atoms with E-state index in [1.807, 2.05) is 19.9 Å². The van der Waals surface area contributed by atoms with Crippen LogP contribution in [-0.2, 0) is 39.8 Å². The average Bonchev–Trinajstić information content (AvgIpc) is 3.57. The lowest BCUT2D eigenvalue weighted by molar-refractivity contribution is -0.275. The summed E-state index contributed by atoms with van der Waals surface area (Å²) in [5, 5.41) is 12.8. The van der Waals surface area contributed by atoms with Crippen molar-refractivity contribution in [2.75, 3.05) is 6.61 Å². The molecule has 0 amide bonds. The minimum atomic E-state index is -1.34. The van der Waals surface area contributed by atoms with Crippen LogP contribution in [0.1, 0.15) is 129 Å². The summed E-state index contributed by atoms with van der Waals surface area (Å²) in [6.45, 7) is 8.28. The predicted octanol–water partition coefficient (Wildman–Crippen LogP) is 6.18. The summed E-state index contributed by atoms with van der Waals surface area (Å²) in [6.07, 6.45) is 11.0. The zero-order valence-corrected chi connectivity index (χ0v) is 28.5. The number of rotatable bonds is 8. The molecule has 4 aliphatic heterocycles. The van der Waals surface area contributed by atoms with Gasteiger partial charge < -0.3 is 28.5 Å². The van der Waals surface area contributed by atoms with Crippen molar-refractivity contribution < 1.29 is 42.9 Å². The first-order valence-electron chi connectivity index (χ1n) is 18.5. The van der Waals surface area contributed by atoms with Gasteiger partial charge in [0, 0.05) is 28.2 Å². The number of ether oxygens (including phenoxy) is 4. The van der Waals surface area contributed by atoms with Crippen LogP contribution in [0.3, 0.4) is 0 Å². The van der Waals surface area contributed by atoms with Crippen LogP contribution in [0.2, 0.25) is 0 Å². The van der Waals surface area contributed by atoms with Gasteiger partial charge in [-0.25, -0.2) is 4.79 Å². The molecule has 4 saturated heterocycles. The van der Waals surface area contributed by atoms with Gasteiger partial charge in [0.05, 0.1) is 30.3 Å². The van der Waals surface area contributed by atoms with Crippen molar-refractivity contribution in [3.05, 3.63) is 23.7 Å². The lowest BCUT2D eigenvalue weighted by atomic mass is 9.33. The number of hydrogen-bond donors (Lipinski definition) is 1. The van der Waals surface area contributed by atoms with E-state index in [4.69, 9.17) is 23.4 Å². The molecule has 0 aromatic carbocycles. The van der Waals surface area contributed by atoms with Crippen LogP contribution in [0, 0.1) is 34.0 Å². The number of furan rings is 1. The molecular formula is C38H52O9. The molecule has 7 fully saturated rings. The molecule has 3 aliphatic carbocycles. The third kappa shape index (κ3) is 3.97. The van der Waals surface area contributed by atoms with Gasteiger partial charge in [-0.3, -0.25) is 9.59 Å². The number of hydrogen-bond acceptors (Lipinski definition) is 9. The third-order valence-corrected chi connectivity index (χ3v) is 14.3. The Bertz CT molecular complexity index is 1440. The molecule has 9 heteroatoms. The number of carbonyl (C=O) groups is 3. The van der Waals surface area contributed by atoms with Crippen LogP contribution in [0.25, 0.3) is 0 Å². The van der Waals surface area contributed by atoms with E-state index in [-0.39, 0.29) is 36.6 Å². The Morgan fingerprint density at radius 2 is 1.70 bits per heavy atom. The quantitative estimate of drug-likeness (QED) is 0.199. The van der Waals surface area contributed by atoms with Gasteiger partial charge in [0.1, 0.15) is 30.2 Å². The second kappa shape index (κ2) is 10.9. The minimum absolute atomic E-state index is 0.0453. The third-order valence-electron chi connectivity index (χ3n) is 14.3. The molecule has 0 bridgehead atoms. The smallest absolute Gasteiger partial charge is 0.339 e. The molecule has 5 heterocycles. The Kier molecular flexibility index (Phi) is 7.41. The number of aryl methyl sites for hydroxylation is 1. The monoisotopic (exact) mass is 652 g/mol. The summed E-state index contributed by atoms with van der Waals surface area (Å²) in [5.41, 5.74) is -3.71. The molecule has 1 aromatic heterocycles. The number of unbranched alkanes of at least 4 members (excludes halogenated alkanes) is 4. The maximum Gasteiger partial charge on any atom is 0.339 e. The van der Waals surface area contributed by atoms with E-state index in [0.717, 1.165) is 62.7 Å². The van der Waals surface area contributed by atoms with Crippen molar-refractivity contribution in [3.63, 3.8) is 0 Å². The Morgan fingerprint density at radius 1 is 0.936 bits per heavy atom. The molecule has 1 aromatic rings. The van der Waals surface area contributed by atoms with E-state index in [2.05, 4.69) is 13.8 Å². The van der Waals surface area contributed by atoms with Crippen molar-refractivity contribution in [1.82, 2.24) is 0 Å². The highest BCUT2D eigenvalue weighted by Gasteiger charge is 2.92. The second-order valence-corrected chi connectivity index (χ2v) is 16.7. The van der Waals surface area contributed by atoms with Crippen molar-refractivity contribution in [3.8, 4) is 0 Å². The number of ketones is 1. The molecule has 3 saturated carbocycles. The normalized spacial score (nSPS) is 45.2. The summed E-state index contributed by atoms with van der Waals surface area (Å²) >= 11 is 0. The first-order valence-corrected chi connectivity index (χ1v) is 18.5. The van der Waals surface area contributed by atoms with Gasteiger partial charge in [-0.1, -0.05) is 58.8 Å². The minimum Gasteiger partial charge on any atom is -0.469 e. The maximum atomic E-state index is 15.0. The Balaban J connectivity index is 1.28. The average molecular weight is 653 g/mol. The zero-order valence-electron chi connectivity index (χ0n) is 28.5. The molecular weight excluding hydrogens is 600 g/mol. The Labute approximate surface area is 277 Å². The molecule has 8 rings (SSSR count). The van der Waals surface area contributed by atoms with Crippen LogP contribution >= 0.6 is 0 Å². The van der Waals surface area contributed by atoms with Crippen molar-refractivity contribution in [2.24, 2.45) is 34.0 Å². The second-order valence-electron chi connectivity index (χ2n) is 16.7. The number of fused-ring (bicyclic) bond motifs is 1. The van der Waals surface area contributed by atoms with Crippen LogP contribution in [0.5, 0.6) is 0 Å². The Morgan fingerprint density at radius 3 is 2.47 bits per heavy atom. The highest BCUT2D eigenvalue weighted by molar-refractivity contribution is 5.92. The van der Waals surface area contributed by atoms with Crippen LogP contribution < -0.4 is 0 Å². The maximum absolute atomic E-state index is 15.0. The molecule has 2 spiro atoms. The SMILES string of the molecule is CCCCCCCc1occc1C1OC(=O)C2OC23C1(C)CCC1C24COC(=O)CC2OC(C)(C)C4C(=O)C(O)C13C1CCCCC1. The number of cyclic esters (lactones) is 2. The van der Waals surface area contributed by atoms with E-state index in [0.29, 0.717) is 12.8 Å². The number of epoxide rings is 1. The predicted molar refractivity (Wildman–Crippen MR) is 169 cm³/mol. The summed E-state index contributed by atoms with van der Waals surface area (Å²) in [4.78, 5) is 41.8. The first kappa shape index (κ1) is 32.0. The molecule has 47 heavy (non-hydrogen) atoms. The number of aliphatic hydroxyl groups excluding tert-OH is 1. The summed E-state index contributed by atoms with van der Waals surface area (Å²) in [5.74, 6) is -1.08. The molecule has 258 valence electrons. The Hall–Kier alpha value is -2.23. The highest BCUT2D eigenvalue weighted by atomic mass is 16.7. The topological polar surface area (TPSA) is 125 Å². The van der Waals surface area contributed by atoms with Gasteiger partial charge in [-0.05, 0) is 63.9 Å². The van der Waals surface area contributed by atoms with Crippen LogP contribution in [0.4, 0.5) is 0 Å². The highest BCUT2D eigenvalue weighted by Crippen LogP contribution is 2.82. The molecule has 7 aliphatic rings. The van der Waals surface area contributed by atoms with Crippen molar-refractivity contribution in [1.29, 1.82) is 0 Å². The largest absolute Gasteiger partial charge is 0.469 e. The van der Waals surface area contributed by atoms with Gasteiger partial charge in [-0.15, -0.1) is 0 Å². The van der Waals surface area contributed by atoms with Gasteiger partial charge in [0.15, 0.2) is 11.9 Å². The van der Waals surface area contributed by atoms with Crippen LogP contribution in [-0.4, -0.2) is 58.9 Å². The molecule has 9 nitrogen and oxygen atoms in total. The van der Waals surface area contributed by atoms with E-state index in [1.54, 1.807) is 6.26 Å². The lowest BCUT2D eigenvalue weighted by Gasteiger charge is -2.70. The zero-order chi connectivity index (χ0) is 33.0. The standard InChI is InChI=1S/C38H52O9/c1-5-6-7-8-12-15-24-23(17-19-43-24)31-35(4)18-16-25-36-21-44-27(39)20-26(36)46-34(2,3)29(36)28(40)30(41)37(25,22-13-10-9-11-14-22)38(35)32(47-38)33(42)45-31/h17,19,22,25-26,29-32,41H,5-16,18,20-21H2,1-4H3. The number of esters is 2. The van der Waals surface area contributed by atoms with E-state index < -0.39 is 63.8 Å². The molecule has 1 N–H and O–H groups in total. The summed E-state index contributed by atoms with van der Waals surface area (Å²) < 4.78 is 31.9. The molecule has 0 radical (unpaired) electrons. The fourth-order valence-electron chi connectivity index (χ4n) is 12.7. The van der Waals surface area contributed by atoms with Crippen molar-refractivity contribution in [2.45, 2.75) is 153 Å². The molecule has 10 atom stereocenters. The molecule has 10 unspecified atom stereocenters. The van der Waals surface area contributed by atoms with Crippen LogP contribution in [0.15, 0.2) is 16.7 Å². The first-order chi connectivity index (χ1) is 22.5. The van der Waals surface area contributed by atoms with E-state index in [1.165, 1.54) is 19.3 Å². The van der Waals surface area contributed by atoms with Crippen molar-refractivity contribution >= 4 is 17.7 Å². The van der Waals surface area contributed by atoms with Gasteiger partial charge >= 0.3 is 11.9 Å².